The number of hydrogen-bond donors (Lipinski definition) is 1. The quantitative estimate of drug-likeness (QED) is 0.786. The van der Waals surface area contributed by atoms with Gasteiger partial charge in [-0.2, -0.15) is 0 Å². The maximum Gasteiger partial charge on any atom is 0.254 e. The van der Waals surface area contributed by atoms with Crippen LogP contribution in [0.1, 0.15) is 36.0 Å². The largest absolute Gasteiger partial charge is 0.352 e. The normalized spacial score (nSPS) is 14.7. The fourth-order valence-electron chi connectivity index (χ4n) is 1.77. The first kappa shape index (κ1) is 12.0. The molecular weight excluding hydrogens is 224 g/mol. The summed E-state index contributed by atoms with van der Waals surface area (Å²) in [4.78, 5) is 11.6. The van der Waals surface area contributed by atoms with Crippen molar-refractivity contribution in [2.24, 2.45) is 5.92 Å². The van der Waals surface area contributed by atoms with Gasteiger partial charge in [0.25, 0.3) is 5.91 Å². The Balaban J connectivity index is 1.83. The molecule has 2 rings (SSSR count). The van der Waals surface area contributed by atoms with Crippen molar-refractivity contribution < 1.29 is 13.6 Å². The van der Waals surface area contributed by atoms with E-state index >= 15 is 0 Å². The molecule has 1 aromatic rings. The SMILES string of the molecule is O=C(NCCCC1CC1)c1cccc(F)c1F. The number of nitrogens with one attached hydrogen (secondary N) is 1. The van der Waals surface area contributed by atoms with Crippen LogP contribution >= 0.6 is 0 Å². The third kappa shape index (κ3) is 3.25. The number of amides is 1. The van der Waals surface area contributed by atoms with E-state index in [9.17, 15) is 13.6 Å². The van der Waals surface area contributed by atoms with Gasteiger partial charge in [-0.25, -0.2) is 8.78 Å². The summed E-state index contributed by atoms with van der Waals surface area (Å²) in [5.41, 5.74) is -0.226. The summed E-state index contributed by atoms with van der Waals surface area (Å²) in [6.07, 6.45) is 4.57. The van der Waals surface area contributed by atoms with Gasteiger partial charge in [-0.15, -0.1) is 0 Å². The lowest BCUT2D eigenvalue weighted by atomic mass is 10.2. The van der Waals surface area contributed by atoms with Crippen LogP contribution in [0.4, 0.5) is 8.78 Å². The molecule has 2 nitrogen and oxygen atoms in total. The minimum Gasteiger partial charge on any atom is -0.352 e. The molecule has 0 bridgehead atoms. The van der Waals surface area contributed by atoms with E-state index in [1.807, 2.05) is 0 Å². The molecule has 4 heteroatoms. The summed E-state index contributed by atoms with van der Waals surface area (Å²) >= 11 is 0. The molecule has 0 saturated heterocycles. The van der Waals surface area contributed by atoms with E-state index in [1.54, 1.807) is 0 Å². The highest BCUT2D eigenvalue weighted by atomic mass is 19.2. The summed E-state index contributed by atoms with van der Waals surface area (Å²) in [5.74, 6) is -1.79. The maximum atomic E-state index is 13.3. The molecule has 1 N–H and O–H groups in total. The van der Waals surface area contributed by atoms with E-state index in [0.29, 0.717) is 6.54 Å². The predicted octanol–water partition coefficient (Wildman–Crippen LogP) is 2.88. The predicted molar refractivity (Wildman–Crippen MR) is 60.6 cm³/mol. The van der Waals surface area contributed by atoms with E-state index in [2.05, 4.69) is 5.32 Å². The van der Waals surface area contributed by atoms with Gasteiger partial charge in [0.15, 0.2) is 11.6 Å². The molecule has 1 fully saturated rings. The van der Waals surface area contributed by atoms with Crippen LogP contribution in [0.2, 0.25) is 0 Å². The van der Waals surface area contributed by atoms with Crippen LogP contribution in [-0.2, 0) is 0 Å². The molecule has 17 heavy (non-hydrogen) atoms. The highest BCUT2D eigenvalue weighted by Crippen LogP contribution is 2.33. The number of halogens is 2. The molecule has 1 aliphatic carbocycles. The average molecular weight is 239 g/mol. The fourth-order valence-corrected chi connectivity index (χ4v) is 1.77. The summed E-state index contributed by atoms with van der Waals surface area (Å²) in [6.45, 7) is 0.519. The van der Waals surface area contributed by atoms with Crippen molar-refractivity contribution in [1.82, 2.24) is 5.32 Å². The Labute approximate surface area is 99.0 Å². The third-order valence-corrected chi connectivity index (χ3v) is 2.97. The maximum absolute atomic E-state index is 13.3. The lowest BCUT2D eigenvalue weighted by Gasteiger charge is -2.06. The summed E-state index contributed by atoms with van der Waals surface area (Å²) in [5, 5.41) is 2.60. The Morgan fingerprint density at radius 1 is 1.35 bits per heavy atom. The van der Waals surface area contributed by atoms with Gasteiger partial charge in [-0.1, -0.05) is 18.9 Å². The van der Waals surface area contributed by atoms with Gasteiger partial charge < -0.3 is 5.32 Å². The van der Waals surface area contributed by atoms with Crippen LogP contribution in [0.15, 0.2) is 18.2 Å². The van der Waals surface area contributed by atoms with Crippen LogP contribution in [-0.4, -0.2) is 12.5 Å². The van der Waals surface area contributed by atoms with E-state index in [-0.39, 0.29) is 5.56 Å². The number of carbonyl (C=O) groups is 1. The molecule has 1 aliphatic rings. The Hall–Kier alpha value is -1.45. The van der Waals surface area contributed by atoms with Crippen molar-refractivity contribution in [3.8, 4) is 0 Å². The van der Waals surface area contributed by atoms with Crippen LogP contribution in [0, 0.1) is 17.6 Å². The smallest absolute Gasteiger partial charge is 0.254 e. The second-order valence-corrected chi connectivity index (χ2v) is 4.44. The van der Waals surface area contributed by atoms with Gasteiger partial charge in [0.05, 0.1) is 5.56 Å². The Morgan fingerprint density at radius 2 is 2.12 bits per heavy atom. The monoisotopic (exact) mass is 239 g/mol. The van der Waals surface area contributed by atoms with Crippen LogP contribution in [0.3, 0.4) is 0 Å². The summed E-state index contributed by atoms with van der Waals surface area (Å²) < 4.78 is 26.2. The molecule has 0 aromatic heterocycles. The Morgan fingerprint density at radius 3 is 2.82 bits per heavy atom. The van der Waals surface area contributed by atoms with E-state index in [1.165, 1.54) is 25.0 Å². The molecule has 0 heterocycles. The van der Waals surface area contributed by atoms with Crippen molar-refractivity contribution in [1.29, 1.82) is 0 Å². The molecule has 1 amide bonds. The Kier molecular flexibility index (Phi) is 3.71. The molecule has 92 valence electrons. The van der Waals surface area contributed by atoms with Crippen LogP contribution in [0.25, 0.3) is 0 Å². The molecule has 1 aromatic carbocycles. The molecule has 0 spiro atoms. The lowest BCUT2D eigenvalue weighted by molar-refractivity contribution is 0.0947. The van der Waals surface area contributed by atoms with Gasteiger partial charge in [-0.05, 0) is 30.9 Å². The molecular formula is C13H15F2NO. The number of benzene rings is 1. The average Bonchev–Trinajstić information content (AvgIpc) is 3.12. The standard InChI is InChI=1S/C13H15F2NO/c14-11-5-1-4-10(12(11)15)13(17)16-8-2-3-9-6-7-9/h1,4-5,9H,2-3,6-8H2,(H,16,17). The van der Waals surface area contributed by atoms with Gasteiger partial charge in [-0.3, -0.25) is 4.79 Å². The number of carbonyl (C=O) groups excluding carboxylic acids is 1. The third-order valence-electron chi connectivity index (χ3n) is 2.97. The molecule has 0 aliphatic heterocycles. The van der Waals surface area contributed by atoms with Crippen LogP contribution < -0.4 is 5.32 Å². The van der Waals surface area contributed by atoms with E-state index < -0.39 is 17.5 Å². The van der Waals surface area contributed by atoms with Gasteiger partial charge in [0.1, 0.15) is 0 Å². The molecule has 1 saturated carbocycles. The van der Waals surface area contributed by atoms with E-state index in [4.69, 9.17) is 0 Å². The first-order valence-corrected chi connectivity index (χ1v) is 5.90. The number of rotatable bonds is 5. The highest BCUT2D eigenvalue weighted by molar-refractivity contribution is 5.94. The van der Waals surface area contributed by atoms with Crippen molar-refractivity contribution in [3.05, 3.63) is 35.4 Å². The van der Waals surface area contributed by atoms with Crippen molar-refractivity contribution in [3.63, 3.8) is 0 Å². The van der Waals surface area contributed by atoms with E-state index in [0.717, 1.165) is 24.8 Å². The minimum absolute atomic E-state index is 0.226. The van der Waals surface area contributed by atoms with Crippen molar-refractivity contribution in [2.75, 3.05) is 6.54 Å². The van der Waals surface area contributed by atoms with Crippen molar-refractivity contribution in [2.45, 2.75) is 25.7 Å². The molecule has 0 unspecified atom stereocenters. The first-order valence-electron chi connectivity index (χ1n) is 5.90. The lowest BCUT2D eigenvalue weighted by Crippen LogP contribution is -2.25. The molecule has 0 radical (unpaired) electrons. The summed E-state index contributed by atoms with van der Waals surface area (Å²) in [7, 11) is 0. The fraction of sp³-hybridized carbons (Fsp3) is 0.462. The minimum atomic E-state index is -1.08. The Bertz CT molecular complexity index is 416. The van der Waals surface area contributed by atoms with Gasteiger partial charge in [0.2, 0.25) is 0 Å². The van der Waals surface area contributed by atoms with Gasteiger partial charge in [0, 0.05) is 6.54 Å². The zero-order chi connectivity index (χ0) is 12.3. The zero-order valence-electron chi connectivity index (χ0n) is 9.51. The van der Waals surface area contributed by atoms with Crippen LogP contribution in [0.5, 0.6) is 0 Å². The van der Waals surface area contributed by atoms with Crippen molar-refractivity contribution >= 4 is 5.91 Å². The first-order chi connectivity index (χ1) is 8.18. The summed E-state index contributed by atoms with van der Waals surface area (Å²) in [6, 6.07) is 3.62. The van der Waals surface area contributed by atoms with Gasteiger partial charge >= 0.3 is 0 Å². The highest BCUT2D eigenvalue weighted by Gasteiger charge is 2.20. The zero-order valence-corrected chi connectivity index (χ0v) is 9.51. The second-order valence-electron chi connectivity index (χ2n) is 4.44. The number of hydrogen-bond acceptors (Lipinski definition) is 1. The molecule has 0 atom stereocenters. The second kappa shape index (κ2) is 5.25. The topological polar surface area (TPSA) is 29.1 Å².